The number of rotatable bonds is 6. The predicted octanol–water partition coefficient (Wildman–Crippen LogP) is 2.15. The molecule has 0 unspecified atom stereocenters. The molecule has 8 nitrogen and oxygen atoms in total. The maximum Gasteiger partial charge on any atom is 0.332 e. The zero-order chi connectivity index (χ0) is 23.5. The number of likely N-dealkylation sites (tertiary alicyclic amines) is 1. The molecule has 1 aromatic carbocycles. The van der Waals surface area contributed by atoms with Gasteiger partial charge in [0.25, 0.3) is 5.56 Å². The fourth-order valence-corrected chi connectivity index (χ4v) is 4.66. The summed E-state index contributed by atoms with van der Waals surface area (Å²) >= 11 is 0. The lowest BCUT2D eigenvalue weighted by Gasteiger charge is -2.32. The van der Waals surface area contributed by atoms with E-state index in [0.29, 0.717) is 31.2 Å². The number of hydrogen-bond donors (Lipinski definition) is 0. The van der Waals surface area contributed by atoms with Crippen molar-refractivity contribution in [2.75, 3.05) is 20.2 Å². The summed E-state index contributed by atoms with van der Waals surface area (Å²) in [6.45, 7) is 2.91. The molecule has 174 valence electrons. The molecule has 4 rings (SSSR count). The smallest absolute Gasteiger partial charge is 0.332 e. The number of aromatic nitrogens is 3. The van der Waals surface area contributed by atoms with Gasteiger partial charge in [-0.05, 0) is 37.2 Å². The predicted molar refractivity (Wildman–Crippen MR) is 127 cm³/mol. The lowest BCUT2D eigenvalue weighted by molar-refractivity contribution is -0.133. The van der Waals surface area contributed by atoms with Gasteiger partial charge in [0.1, 0.15) is 17.7 Å². The Morgan fingerprint density at radius 3 is 2.48 bits per heavy atom. The number of aryl methyl sites for hydroxylation is 2. The molecule has 8 heteroatoms. The van der Waals surface area contributed by atoms with Crippen molar-refractivity contribution in [3.05, 3.63) is 68.5 Å². The lowest BCUT2D eigenvalue weighted by atomic mass is 9.90. The Bertz CT molecular complexity index is 1270. The van der Waals surface area contributed by atoms with Crippen LogP contribution in [0.1, 0.15) is 30.9 Å². The van der Waals surface area contributed by atoms with E-state index in [-0.39, 0.29) is 23.5 Å². The summed E-state index contributed by atoms with van der Waals surface area (Å²) < 4.78 is 7.81. The summed E-state index contributed by atoms with van der Waals surface area (Å²) in [6, 6.07) is 10.4. The highest BCUT2D eigenvalue weighted by Gasteiger charge is 2.25. The second-order valence-corrected chi connectivity index (χ2v) is 8.62. The molecule has 3 aromatic rings. The number of benzene rings is 1. The molecule has 33 heavy (non-hydrogen) atoms. The second kappa shape index (κ2) is 9.60. The fraction of sp³-hybridized carbons (Fsp3) is 0.440. The number of piperidine rings is 1. The van der Waals surface area contributed by atoms with Gasteiger partial charge in [0.2, 0.25) is 5.91 Å². The minimum atomic E-state index is -0.557. The highest BCUT2D eigenvalue weighted by Crippen LogP contribution is 2.25. The van der Waals surface area contributed by atoms with Crippen LogP contribution in [0.15, 0.2) is 46.1 Å². The molecule has 0 N–H and O–H groups in total. The normalized spacial score (nSPS) is 14.6. The highest BCUT2D eigenvalue weighted by atomic mass is 16.5. The minimum absolute atomic E-state index is 0.217. The van der Waals surface area contributed by atoms with Gasteiger partial charge in [0.15, 0.2) is 5.65 Å². The standard InChI is InChI=1S/C25H30N4O4/c1-4-19-15-26-23-21(22(19)33-3)24(31)29(25(32)27(23)2)16-20(30)28-12-10-18(11-13-28)14-17-8-6-5-7-9-17/h5-9,15,18H,4,10-14,16H2,1-3H3. The third kappa shape index (κ3) is 4.42. The van der Waals surface area contributed by atoms with Crippen LogP contribution in [-0.2, 0) is 31.2 Å². The number of carbonyl (C=O) groups is 1. The molecule has 1 fully saturated rings. The van der Waals surface area contributed by atoms with Gasteiger partial charge >= 0.3 is 5.69 Å². The molecule has 1 saturated heterocycles. The topological polar surface area (TPSA) is 86.4 Å². The van der Waals surface area contributed by atoms with Crippen LogP contribution in [0.2, 0.25) is 0 Å². The first-order valence-electron chi connectivity index (χ1n) is 11.4. The SMILES string of the molecule is CCc1cnc2c(c1OC)c(=O)n(CC(=O)N1CCC(Cc3ccccc3)CC1)c(=O)n2C. The first-order valence-corrected chi connectivity index (χ1v) is 11.4. The first kappa shape index (κ1) is 22.8. The summed E-state index contributed by atoms with van der Waals surface area (Å²) in [6.07, 6.45) is 5.06. The summed E-state index contributed by atoms with van der Waals surface area (Å²) in [4.78, 5) is 45.3. The van der Waals surface area contributed by atoms with Crippen LogP contribution in [0.25, 0.3) is 11.0 Å². The van der Waals surface area contributed by atoms with Gasteiger partial charge in [-0.15, -0.1) is 0 Å². The molecule has 1 aliphatic rings. The summed E-state index contributed by atoms with van der Waals surface area (Å²) in [5.41, 5.74) is 1.24. The van der Waals surface area contributed by atoms with Gasteiger partial charge in [-0.3, -0.25) is 14.2 Å². The molecule has 0 bridgehead atoms. The van der Waals surface area contributed by atoms with Crippen LogP contribution < -0.4 is 16.0 Å². The summed E-state index contributed by atoms with van der Waals surface area (Å²) in [5.74, 6) is 0.715. The van der Waals surface area contributed by atoms with Gasteiger partial charge in [-0.2, -0.15) is 0 Å². The molecule has 1 aliphatic heterocycles. The Balaban J connectivity index is 1.55. The Labute approximate surface area is 192 Å². The Morgan fingerprint density at radius 1 is 1.15 bits per heavy atom. The average molecular weight is 451 g/mol. The maximum atomic E-state index is 13.3. The van der Waals surface area contributed by atoms with Crippen LogP contribution in [0.3, 0.4) is 0 Å². The molecule has 3 heterocycles. The van der Waals surface area contributed by atoms with E-state index < -0.39 is 11.2 Å². The number of pyridine rings is 1. The van der Waals surface area contributed by atoms with Crippen LogP contribution >= 0.6 is 0 Å². The molecular weight excluding hydrogens is 420 g/mol. The van der Waals surface area contributed by atoms with E-state index in [0.717, 1.165) is 29.4 Å². The number of fused-ring (bicyclic) bond motifs is 1. The zero-order valence-corrected chi connectivity index (χ0v) is 19.4. The number of methoxy groups -OCH3 is 1. The number of amides is 1. The number of ether oxygens (including phenoxy) is 1. The maximum absolute atomic E-state index is 13.3. The third-order valence-electron chi connectivity index (χ3n) is 6.59. The van der Waals surface area contributed by atoms with Crippen LogP contribution in [0, 0.1) is 5.92 Å². The van der Waals surface area contributed by atoms with E-state index in [9.17, 15) is 14.4 Å². The Morgan fingerprint density at radius 2 is 1.85 bits per heavy atom. The highest BCUT2D eigenvalue weighted by molar-refractivity contribution is 5.83. The van der Waals surface area contributed by atoms with Gasteiger partial charge in [-0.25, -0.2) is 14.3 Å². The fourth-order valence-electron chi connectivity index (χ4n) is 4.66. The third-order valence-corrected chi connectivity index (χ3v) is 6.59. The van der Waals surface area contributed by atoms with Crippen molar-refractivity contribution in [1.82, 2.24) is 19.0 Å². The number of hydrogen-bond acceptors (Lipinski definition) is 5. The van der Waals surface area contributed by atoms with E-state index in [1.807, 2.05) is 25.1 Å². The van der Waals surface area contributed by atoms with Gasteiger partial charge < -0.3 is 9.64 Å². The molecule has 0 atom stereocenters. The number of nitrogens with zero attached hydrogens (tertiary/aromatic N) is 4. The van der Waals surface area contributed by atoms with Crippen molar-refractivity contribution in [3.8, 4) is 5.75 Å². The van der Waals surface area contributed by atoms with Crippen LogP contribution in [-0.4, -0.2) is 45.1 Å². The van der Waals surface area contributed by atoms with Crippen molar-refractivity contribution >= 4 is 16.9 Å². The van der Waals surface area contributed by atoms with Gasteiger partial charge in [-0.1, -0.05) is 37.3 Å². The molecule has 0 radical (unpaired) electrons. The van der Waals surface area contributed by atoms with Crippen LogP contribution in [0.4, 0.5) is 0 Å². The van der Waals surface area contributed by atoms with Gasteiger partial charge in [0, 0.05) is 31.9 Å². The van der Waals surface area contributed by atoms with E-state index >= 15 is 0 Å². The zero-order valence-electron chi connectivity index (χ0n) is 19.4. The molecule has 0 saturated carbocycles. The summed E-state index contributed by atoms with van der Waals surface area (Å²) in [5, 5.41) is 0.230. The Hall–Kier alpha value is -3.42. The van der Waals surface area contributed by atoms with E-state index in [1.54, 1.807) is 18.1 Å². The first-order chi connectivity index (χ1) is 15.9. The number of carbonyl (C=O) groups excluding carboxylic acids is 1. The molecule has 1 amide bonds. The molecular formula is C25H30N4O4. The van der Waals surface area contributed by atoms with Crippen molar-refractivity contribution < 1.29 is 9.53 Å². The average Bonchev–Trinajstić information content (AvgIpc) is 2.85. The lowest BCUT2D eigenvalue weighted by Crippen LogP contribution is -2.46. The monoisotopic (exact) mass is 450 g/mol. The molecule has 0 spiro atoms. The van der Waals surface area contributed by atoms with E-state index in [4.69, 9.17) is 4.74 Å². The van der Waals surface area contributed by atoms with Gasteiger partial charge in [0.05, 0.1) is 7.11 Å². The van der Waals surface area contributed by atoms with Crippen molar-refractivity contribution in [2.24, 2.45) is 13.0 Å². The summed E-state index contributed by atoms with van der Waals surface area (Å²) in [7, 11) is 3.05. The quantitative estimate of drug-likeness (QED) is 0.574. The minimum Gasteiger partial charge on any atom is -0.495 e. The van der Waals surface area contributed by atoms with E-state index in [2.05, 4.69) is 17.1 Å². The molecule has 0 aliphatic carbocycles. The van der Waals surface area contributed by atoms with Crippen molar-refractivity contribution in [1.29, 1.82) is 0 Å². The van der Waals surface area contributed by atoms with Crippen molar-refractivity contribution in [3.63, 3.8) is 0 Å². The van der Waals surface area contributed by atoms with E-state index in [1.165, 1.54) is 17.2 Å². The molecule has 2 aromatic heterocycles. The largest absolute Gasteiger partial charge is 0.495 e. The van der Waals surface area contributed by atoms with Crippen LogP contribution in [0.5, 0.6) is 5.75 Å². The Kier molecular flexibility index (Phi) is 6.62. The van der Waals surface area contributed by atoms with Crippen molar-refractivity contribution in [2.45, 2.75) is 39.2 Å². The second-order valence-electron chi connectivity index (χ2n) is 8.62.